The minimum absolute atomic E-state index is 0.0287. The Morgan fingerprint density at radius 1 is 1.11 bits per heavy atom. The molecular weight excluding hydrogens is 397 g/mol. The first-order valence-electron chi connectivity index (χ1n) is 7.99. The third kappa shape index (κ3) is 5.66. The molecule has 0 radical (unpaired) electrons. The predicted octanol–water partition coefficient (Wildman–Crippen LogP) is 3.36. The number of halogens is 2. The minimum atomic E-state index is -3.69. The smallest absolute Gasteiger partial charge is 0.339 e. The van der Waals surface area contributed by atoms with Gasteiger partial charge in [0.1, 0.15) is 11.6 Å². The zero-order valence-corrected chi connectivity index (χ0v) is 16.4. The van der Waals surface area contributed by atoms with Gasteiger partial charge in [-0.3, -0.25) is 0 Å². The summed E-state index contributed by atoms with van der Waals surface area (Å²) in [5.41, 5.74) is -0.0287. The van der Waals surface area contributed by atoms with Gasteiger partial charge in [-0.15, -0.1) is 0 Å². The van der Waals surface area contributed by atoms with Crippen LogP contribution in [0.4, 0.5) is 4.39 Å². The fraction of sp³-hybridized carbons (Fsp3) is 0.278. The van der Waals surface area contributed by atoms with Crippen LogP contribution in [0.25, 0.3) is 0 Å². The van der Waals surface area contributed by atoms with Crippen LogP contribution in [0.5, 0.6) is 5.75 Å². The lowest BCUT2D eigenvalue weighted by molar-refractivity contribution is 0.0486. The molecule has 27 heavy (non-hydrogen) atoms. The molecule has 0 saturated heterocycles. The predicted molar refractivity (Wildman–Crippen MR) is 99.1 cm³/mol. The summed E-state index contributed by atoms with van der Waals surface area (Å²) < 4.78 is 48.7. The zero-order valence-electron chi connectivity index (χ0n) is 14.8. The molecule has 0 unspecified atom stereocenters. The maximum Gasteiger partial charge on any atom is 0.339 e. The van der Waals surface area contributed by atoms with Crippen molar-refractivity contribution in [1.29, 1.82) is 0 Å². The quantitative estimate of drug-likeness (QED) is 0.488. The Kier molecular flexibility index (Phi) is 7.18. The van der Waals surface area contributed by atoms with Crippen LogP contribution in [-0.4, -0.2) is 46.0 Å². The molecular formula is C18H19ClFNO5S. The molecule has 9 heteroatoms. The molecule has 2 rings (SSSR count). The highest BCUT2D eigenvalue weighted by Crippen LogP contribution is 2.23. The summed E-state index contributed by atoms with van der Waals surface area (Å²) in [6.45, 7) is 0.322. The molecule has 6 nitrogen and oxygen atoms in total. The van der Waals surface area contributed by atoms with Gasteiger partial charge in [0.2, 0.25) is 10.0 Å². The molecule has 0 heterocycles. The fourth-order valence-corrected chi connectivity index (χ4v) is 3.18. The Hall–Kier alpha value is -2.16. The maximum atomic E-state index is 12.8. The van der Waals surface area contributed by atoms with Gasteiger partial charge in [-0.05, 0) is 42.5 Å². The molecule has 0 aliphatic carbocycles. The lowest BCUT2D eigenvalue weighted by Crippen LogP contribution is -2.22. The van der Waals surface area contributed by atoms with E-state index in [9.17, 15) is 17.6 Å². The highest BCUT2D eigenvalue weighted by Gasteiger charge is 2.21. The molecule has 146 valence electrons. The van der Waals surface area contributed by atoms with Gasteiger partial charge in [-0.25, -0.2) is 21.9 Å². The fourth-order valence-electron chi connectivity index (χ4n) is 2.05. The van der Waals surface area contributed by atoms with Crippen molar-refractivity contribution in [3.63, 3.8) is 0 Å². The van der Waals surface area contributed by atoms with Crippen LogP contribution in [0, 0.1) is 5.82 Å². The van der Waals surface area contributed by atoms with Crippen molar-refractivity contribution >= 4 is 27.6 Å². The van der Waals surface area contributed by atoms with E-state index in [-0.39, 0.29) is 34.5 Å². The van der Waals surface area contributed by atoms with Crippen LogP contribution in [0.15, 0.2) is 47.4 Å². The summed E-state index contributed by atoms with van der Waals surface area (Å²) >= 11 is 5.99. The van der Waals surface area contributed by atoms with Crippen LogP contribution < -0.4 is 4.74 Å². The van der Waals surface area contributed by atoms with Crippen molar-refractivity contribution in [1.82, 2.24) is 4.31 Å². The van der Waals surface area contributed by atoms with Gasteiger partial charge in [0.05, 0.1) is 28.7 Å². The van der Waals surface area contributed by atoms with E-state index in [1.807, 2.05) is 0 Å². The van der Waals surface area contributed by atoms with Crippen molar-refractivity contribution in [2.24, 2.45) is 0 Å². The minimum Gasteiger partial charge on any atom is -0.493 e. The molecule has 0 saturated carbocycles. The highest BCUT2D eigenvalue weighted by molar-refractivity contribution is 7.89. The second kappa shape index (κ2) is 9.16. The van der Waals surface area contributed by atoms with Gasteiger partial charge in [0.25, 0.3) is 0 Å². The molecule has 2 aromatic carbocycles. The van der Waals surface area contributed by atoms with Gasteiger partial charge < -0.3 is 9.47 Å². The van der Waals surface area contributed by atoms with E-state index in [0.717, 1.165) is 4.31 Å². The van der Waals surface area contributed by atoms with E-state index in [2.05, 4.69) is 0 Å². The molecule has 0 aliphatic rings. The monoisotopic (exact) mass is 415 g/mol. The topological polar surface area (TPSA) is 72.9 Å². The second-order valence-electron chi connectivity index (χ2n) is 5.72. The number of hydrogen-bond acceptors (Lipinski definition) is 5. The van der Waals surface area contributed by atoms with E-state index >= 15 is 0 Å². The number of hydrogen-bond donors (Lipinski definition) is 0. The Labute approximate surface area is 162 Å². The molecule has 0 bridgehead atoms. The van der Waals surface area contributed by atoms with Crippen LogP contribution in [0.2, 0.25) is 5.02 Å². The highest BCUT2D eigenvalue weighted by atomic mass is 35.5. The van der Waals surface area contributed by atoms with Crippen LogP contribution >= 0.6 is 11.6 Å². The van der Waals surface area contributed by atoms with Gasteiger partial charge in [0, 0.05) is 20.5 Å². The summed E-state index contributed by atoms with van der Waals surface area (Å²) in [7, 11) is -0.908. The molecule has 2 aromatic rings. The lowest BCUT2D eigenvalue weighted by Gasteiger charge is -2.13. The molecule has 0 amide bonds. The number of nitrogens with zero attached hydrogens (tertiary/aromatic N) is 1. The molecule has 0 atom stereocenters. The van der Waals surface area contributed by atoms with Crippen molar-refractivity contribution < 1.29 is 27.1 Å². The maximum absolute atomic E-state index is 12.8. The third-order valence-corrected chi connectivity index (χ3v) is 5.68. The number of carbonyl (C=O) groups excluding carboxylic acids is 1. The van der Waals surface area contributed by atoms with Gasteiger partial charge in [-0.2, -0.15) is 0 Å². The van der Waals surface area contributed by atoms with Crippen LogP contribution in [-0.2, 0) is 14.8 Å². The van der Waals surface area contributed by atoms with Gasteiger partial charge in [-0.1, -0.05) is 11.6 Å². The molecule has 0 fully saturated rings. The zero-order chi connectivity index (χ0) is 20.0. The Bertz CT molecular complexity index is 900. The number of rotatable bonds is 8. The van der Waals surface area contributed by atoms with E-state index in [4.69, 9.17) is 21.1 Å². The second-order valence-corrected chi connectivity index (χ2v) is 8.28. The largest absolute Gasteiger partial charge is 0.493 e. The van der Waals surface area contributed by atoms with Crippen LogP contribution in [0.1, 0.15) is 16.8 Å². The molecule has 0 aromatic heterocycles. The number of sulfonamides is 1. The molecule has 0 aliphatic heterocycles. The van der Waals surface area contributed by atoms with Crippen molar-refractivity contribution in [3.05, 3.63) is 58.9 Å². The average Bonchev–Trinajstić information content (AvgIpc) is 2.62. The van der Waals surface area contributed by atoms with E-state index in [1.54, 1.807) is 0 Å². The normalized spacial score (nSPS) is 11.4. The van der Waals surface area contributed by atoms with Gasteiger partial charge in [0.15, 0.2) is 0 Å². The van der Waals surface area contributed by atoms with Crippen molar-refractivity contribution in [2.45, 2.75) is 11.3 Å². The van der Waals surface area contributed by atoms with E-state index in [1.165, 1.54) is 56.6 Å². The first kappa shape index (κ1) is 21.1. The number of benzene rings is 2. The van der Waals surface area contributed by atoms with Gasteiger partial charge >= 0.3 is 5.97 Å². The summed E-state index contributed by atoms with van der Waals surface area (Å²) in [6.07, 6.45) is 0.399. The number of esters is 1. The van der Waals surface area contributed by atoms with E-state index < -0.39 is 16.0 Å². The standard InChI is InChI=1S/C18H19ClFNO5S/c1-21(2)27(23,24)15-8-9-17(19)16(12-15)18(22)26-11-3-10-25-14-6-4-13(20)5-7-14/h4-9,12H,3,10-11H2,1-2H3. The summed E-state index contributed by atoms with van der Waals surface area (Å²) in [5.74, 6) is -0.573. The average molecular weight is 416 g/mol. The lowest BCUT2D eigenvalue weighted by atomic mass is 10.2. The number of ether oxygens (including phenoxy) is 2. The Balaban J connectivity index is 1.91. The molecule has 0 spiro atoms. The van der Waals surface area contributed by atoms with Crippen molar-refractivity contribution in [3.8, 4) is 5.75 Å². The number of carbonyl (C=O) groups is 1. The van der Waals surface area contributed by atoms with Crippen LogP contribution in [0.3, 0.4) is 0 Å². The van der Waals surface area contributed by atoms with E-state index in [0.29, 0.717) is 12.2 Å². The Morgan fingerprint density at radius 3 is 2.41 bits per heavy atom. The summed E-state index contributed by atoms with van der Waals surface area (Å²) in [6, 6.07) is 9.42. The Morgan fingerprint density at radius 2 is 1.78 bits per heavy atom. The van der Waals surface area contributed by atoms with Crippen molar-refractivity contribution in [2.75, 3.05) is 27.3 Å². The SMILES string of the molecule is CN(C)S(=O)(=O)c1ccc(Cl)c(C(=O)OCCCOc2ccc(F)cc2)c1. The third-order valence-electron chi connectivity index (χ3n) is 3.54. The first-order valence-corrected chi connectivity index (χ1v) is 9.81. The molecule has 0 N–H and O–H groups in total. The first-order chi connectivity index (χ1) is 12.7. The summed E-state index contributed by atoms with van der Waals surface area (Å²) in [5, 5.41) is 0.0975. The summed E-state index contributed by atoms with van der Waals surface area (Å²) in [4.78, 5) is 12.1.